The van der Waals surface area contributed by atoms with E-state index in [2.05, 4.69) is 193 Å². The lowest BCUT2D eigenvalue weighted by Gasteiger charge is -2.27. The van der Waals surface area contributed by atoms with Crippen molar-refractivity contribution >= 4 is 71.2 Å². The zero-order valence-electron chi connectivity index (χ0n) is 33.1. The Balaban J connectivity index is 1.03. The van der Waals surface area contributed by atoms with Crippen molar-refractivity contribution in [3.63, 3.8) is 0 Å². The number of halogens is 1. The predicted molar refractivity (Wildman–Crippen MR) is 255 cm³/mol. The van der Waals surface area contributed by atoms with E-state index in [9.17, 15) is 0 Å². The number of nitrogens with zero attached hydrogens (tertiary/aromatic N) is 2. The third-order valence-electron chi connectivity index (χ3n) is 12.3. The lowest BCUT2D eigenvalue weighted by molar-refractivity contribution is 0.629. The molecule has 0 N–H and O–H groups in total. The molecular weight excluding hydrogens is 744 g/mol. The molecule has 0 fully saturated rings. The molecule has 1 heterocycles. The van der Waals surface area contributed by atoms with Crippen LogP contribution in [0, 0.1) is 5.82 Å². The molecule has 0 saturated carbocycles. The Hall–Kier alpha value is -8.01. The Labute approximate surface area is 353 Å². The van der Waals surface area contributed by atoms with Crippen LogP contribution in [0.25, 0.3) is 93.2 Å². The molecule has 12 rings (SSSR count). The van der Waals surface area contributed by atoms with Crippen LogP contribution in [0.3, 0.4) is 0 Å². The molecule has 1 aromatic heterocycles. The molecule has 286 valence electrons. The fourth-order valence-electron chi connectivity index (χ4n) is 9.61. The summed E-state index contributed by atoms with van der Waals surface area (Å²) in [4.78, 5) is 2.04. The van der Waals surface area contributed by atoms with Gasteiger partial charge in [-0.2, -0.15) is 0 Å². The smallest absolute Gasteiger partial charge is 0.147 e. The highest BCUT2D eigenvalue weighted by Gasteiger charge is 2.22. The van der Waals surface area contributed by atoms with Crippen molar-refractivity contribution in [3.8, 4) is 39.1 Å². The van der Waals surface area contributed by atoms with Crippen LogP contribution in [0.5, 0.6) is 0 Å². The minimum absolute atomic E-state index is 0.287. The molecule has 0 aliphatic rings. The molecule has 0 aliphatic carbocycles. The Morgan fingerprint density at radius 2 is 0.951 bits per heavy atom. The van der Waals surface area contributed by atoms with Crippen LogP contribution in [0.15, 0.2) is 224 Å². The van der Waals surface area contributed by atoms with Crippen molar-refractivity contribution in [3.05, 3.63) is 230 Å². The van der Waals surface area contributed by atoms with Crippen molar-refractivity contribution in [2.75, 3.05) is 4.90 Å². The number of fused-ring (bicyclic) bond motifs is 4. The normalized spacial score (nSPS) is 11.7. The summed E-state index contributed by atoms with van der Waals surface area (Å²) in [5, 5.41) is 9.95. The molecule has 0 aliphatic heterocycles. The average Bonchev–Trinajstić information content (AvgIpc) is 3.66. The van der Waals surface area contributed by atoms with E-state index < -0.39 is 0 Å². The van der Waals surface area contributed by atoms with Crippen LogP contribution in [-0.4, -0.2) is 4.57 Å². The van der Waals surface area contributed by atoms with Crippen molar-refractivity contribution in [2.45, 2.75) is 0 Å². The number of hydrogen-bond donors (Lipinski definition) is 0. The monoisotopic (exact) mass is 780 g/mol. The van der Waals surface area contributed by atoms with Crippen LogP contribution in [-0.2, 0) is 0 Å². The second-order valence-electron chi connectivity index (χ2n) is 15.8. The fraction of sp³-hybridized carbons (Fsp3) is 0. The minimum atomic E-state index is -0.287. The van der Waals surface area contributed by atoms with Crippen LogP contribution in [0.4, 0.5) is 21.5 Å². The second-order valence-corrected chi connectivity index (χ2v) is 15.8. The quantitative estimate of drug-likeness (QED) is 0.146. The van der Waals surface area contributed by atoms with E-state index in [1.165, 1.54) is 60.2 Å². The van der Waals surface area contributed by atoms with Gasteiger partial charge in [-0.1, -0.05) is 158 Å². The van der Waals surface area contributed by atoms with E-state index >= 15 is 4.39 Å². The Bertz CT molecular complexity index is 3520. The largest absolute Gasteiger partial charge is 0.309 e. The molecule has 2 nitrogen and oxygen atoms in total. The summed E-state index contributed by atoms with van der Waals surface area (Å²) in [5.74, 6) is -0.287. The van der Waals surface area contributed by atoms with E-state index in [-0.39, 0.29) is 5.82 Å². The van der Waals surface area contributed by atoms with E-state index in [4.69, 9.17) is 0 Å². The molecule has 61 heavy (non-hydrogen) atoms. The molecule has 0 atom stereocenters. The first-order valence-corrected chi connectivity index (χ1v) is 20.8. The van der Waals surface area contributed by atoms with Gasteiger partial charge in [0.05, 0.1) is 16.7 Å². The standard InChI is InChI=1S/C58H37FN2/c59-53-21-11-13-23-55(53)60(47-35-43(38-14-4-1-5-15-38)34-44(36-47)39-16-6-2-7-17-39)46-29-26-40(27-30-46)48-31-28-41-24-25-42-37-52-49-20-10-12-22-54(49)61(45-18-8-3-9-19-45)58(52)51-33-32-50(48)56(41)57(42)51/h1-37H. The maximum atomic E-state index is 16.0. The first-order chi connectivity index (χ1) is 30.2. The maximum absolute atomic E-state index is 16.0. The predicted octanol–water partition coefficient (Wildman–Crippen LogP) is 16.3. The Kier molecular flexibility index (Phi) is 8.07. The first kappa shape index (κ1) is 35.0. The van der Waals surface area contributed by atoms with Crippen molar-refractivity contribution < 1.29 is 4.39 Å². The molecule has 0 radical (unpaired) electrons. The molecule has 3 heteroatoms. The van der Waals surface area contributed by atoms with Gasteiger partial charge >= 0.3 is 0 Å². The van der Waals surface area contributed by atoms with Gasteiger partial charge in [-0.05, 0) is 127 Å². The lowest BCUT2D eigenvalue weighted by atomic mass is 9.89. The molecule has 0 unspecified atom stereocenters. The molecule has 0 amide bonds. The summed E-state index contributed by atoms with van der Waals surface area (Å²) < 4.78 is 18.4. The summed E-state index contributed by atoms with van der Waals surface area (Å²) >= 11 is 0. The average molecular weight is 781 g/mol. The van der Waals surface area contributed by atoms with Crippen LogP contribution in [0.2, 0.25) is 0 Å². The molecule has 0 bridgehead atoms. The van der Waals surface area contributed by atoms with Gasteiger partial charge in [-0.25, -0.2) is 4.39 Å². The van der Waals surface area contributed by atoms with Gasteiger partial charge in [-0.15, -0.1) is 0 Å². The molecule has 0 saturated heterocycles. The van der Waals surface area contributed by atoms with Gasteiger partial charge in [0.1, 0.15) is 5.82 Å². The summed E-state index contributed by atoms with van der Waals surface area (Å²) in [6, 6.07) is 78.5. The van der Waals surface area contributed by atoms with Gasteiger partial charge in [0.2, 0.25) is 0 Å². The SMILES string of the molecule is Fc1ccccc1N(c1ccc(-c2ccc3ccc4cc5c6ccccc6n(-c6ccccc6)c5c5ccc2c3c45)cc1)c1cc(-c2ccccc2)cc(-c2ccccc2)c1. The highest BCUT2D eigenvalue weighted by atomic mass is 19.1. The van der Waals surface area contributed by atoms with E-state index in [0.717, 1.165) is 50.4 Å². The van der Waals surface area contributed by atoms with Crippen LogP contribution < -0.4 is 4.90 Å². The summed E-state index contributed by atoms with van der Waals surface area (Å²) in [6.07, 6.45) is 0. The lowest BCUT2D eigenvalue weighted by Crippen LogP contribution is -2.12. The Morgan fingerprint density at radius 3 is 1.67 bits per heavy atom. The molecule has 12 aromatic rings. The van der Waals surface area contributed by atoms with Gasteiger partial charge in [0, 0.05) is 33.2 Å². The van der Waals surface area contributed by atoms with E-state index in [1.807, 2.05) is 29.2 Å². The fourth-order valence-corrected chi connectivity index (χ4v) is 9.61. The minimum Gasteiger partial charge on any atom is -0.309 e. The van der Waals surface area contributed by atoms with Crippen LogP contribution in [0.1, 0.15) is 0 Å². The topological polar surface area (TPSA) is 8.17 Å². The molecular formula is C58H37FN2. The highest BCUT2D eigenvalue weighted by molar-refractivity contribution is 6.32. The second kappa shape index (κ2) is 14.1. The maximum Gasteiger partial charge on any atom is 0.147 e. The van der Waals surface area contributed by atoms with Gasteiger partial charge in [0.25, 0.3) is 0 Å². The van der Waals surface area contributed by atoms with Crippen molar-refractivity contribution in [1.29, 1.82) is 0 Å². The number of rotatable bonds is 7. The van der Waals surface area contributed by atoms with Gasteiger partial charge in [-0.3, -0.25) is 0 Å². The van der Waals surface area contributed by atoms with Crippen molar-refractivity contribution in [2.24, 2.45) is 0 Å². The van der Waals surface area contributed by atoms with Crippen LogP contribution >= 0.6 is 0 Å². The zero-order valence-corrected chi connectivity index (χ0v) is 33.1. The number of benzene rings is 11. The number of aromatic nitrogens is 1. The zero-order chi connectivity index (χ0) is 40.4. The molecule has 11 aromatic carbocycles. The first-order valence-electron chi connectivity index (χ1n) is 20.8. The van der Waals surface area contributed by atoms with Crippen molar-refractivity contribution in [1.82, 2.24) is 4.57 Å². The number of hydrogen-bond acceptors (Lipinski definition) is 1. The number of anilines is 3. The highest BCUT2D eigenvalue weighted by Crippen LogP contribution is 2.46. The Morgan fingerprint density at radius 1 is 0.361 bits per heavy atom. The van der Waals surface area contributed by atoms with E-state index in [0.29, 0.717) is 5.69 Å². The summed E-state index contributed by atoms with van der Waals surface area (Å²) in [5.41, 5.74) is 12.4. The third kappa shape index (κ3) is 5.70. The summed E-state index contributed by atoms with van der Waals surface area (Å²) in [7, 11) is 0. The van der Waals surface area contributed by atoms with E-state index in [1.54, 1.807) is 6.07 Å². The number of para-hydroxylation sites is 3. The third-order valence-corrected chi connectivity index (χ3v) is 12.3. The van der Waals surface area contributed by atoms with Gasteiger partial charge in [0.15, 0.2) is 0 Å². The molecule has 0 spiro atoms. The summed E-state index contributed by atoms with van der Waals surface area (Å²) in [6.45, 7) is 0. The van der Waals surface area contributed by atoms with Gasteiger partial charge < -0.3 is 9.47 Å².